The van der Waals surface area contributed by atoms with Crippen molar-refractivity contribution in [2.45, 2.75) is 13.2 Å². The zero-order chi connectivity index (χ0) is 20.6. The largest absolute Gasteiger partial charge is 0.377 e. The van der Waals surface area contributed by atoms with Gasteiger partial charge in [-0.1, -0.05) is 56.1 Å². The van der Waals surface area contributed by atoms with Gasteiger partial charge < -0.3 is 23.7 Å². The Morgan fingerprint density at radius 2 is 0.690 bits per heavy atom. The summed E-state index contributed by atoms with van der Waals surface area (Å²) in [5.74, 6) is 0. The standard InChI is InChI=1S/C22H28Br2O5/c23-21-5-1-19(2-6-21)17-28-15-13-26-11-9-25-10-12-27-14-16-29-18-20-3-7-22(24)8-4-20/h1-8H,9-18H2. The second kappa shape index (κ2) is 16.0. The van der Waals surface area contributed by atoms with Crippen LogP contribution in [0.1, 0.15) is 11.1 Å². The molecule has 0 heterocycles. The van der Waals surface area contributed by atoms with Crippen LogP contribution in [0.4, 0.5) is 0 Å². The SMILES string of the molecule is Brc1ccc(COCCOCCOCCOCCOCc2ccc(Br)cc2)cc1. The van der Waals surface area contributed by atoms with E-state index in [0.29, 0.717) is 66.1 Å². The molecule has 0 aromatic heterocycles. The van der Waals surface area contributed by atoms with Crippen LogP contribution in [-0.2, 0) is 36.9 Å². The van der Waals surface area contributed by atoms with Crippen LogP contribution >= 0.6 is 31.9 Å². The van der Waals surface area contributed by atoms with Crippen LogP contribution in [0.3, 0.4) is 0 Å². The van der Waals surface area contributed by atoms with E-state index in [-0.39, 0.29) is 0 Å². The van der Waals surface area contributed by atoms with Gasteiger partial charge in [-0.2, -0.15) is 0 Å². The predicted octanol–water partition coefficient (Wildman–Crippen LogP) is 4.99. The van der Waals surface area contributed by atoms with Crippen LogP contribution in [0.5, 0.6) is 0 Å². The molecule has 0 bridgehead atoms. The lowest BCUT2D eigenvalue weighted by Crippen LogP contribution is -2.13. The fraction of sp³-hybridized carbons (Fsp3) is 0.455. The molecule has 0 unspecified atom stereocenters. The van der Waals surface area contributed by atoms with E-state index in [1.165, 1.54) is 0 Å². The summed E-state index contributed by atoms with van der Waals surface area (Å²) < 4.78 is 29.7. The minimum Gasteiger partial charge on any atom is -0.377 e. The Hall–Kier alpha value is -0.800. The Bertz CT molecular complexity index is 592. The molecule has 0 amide bonds. The maximum absolute atomic E-state index is 5.57. The smallest absolute Gasteiger partial charge is 0.0718 e. The van der Waals surface area contributed by atoms with Gasteiger partial charge in [-0.3, -0.25) is 0 Å². The highest BCUT2D eigenvalue weighted by atomic mass is 79.9. The summed E-state index contributed by atoms with van der Waals surface area (Å²) in [4.78, 5) is 0. The molecule has 0 aliphatic carbocycles. The van der Waals surface area contributed by atoms with Gasteiger partial charge in [0.25, 0.3) is 0 Å². The number of benzene rings is 2. The lowest BCUT2D eigenvalue weighted by Gasteiger charge is -2.08. The van der Waals surface area contributed by atoms with E-state index >= 15 is 0 Å². The average Bonchev–Trinajstić information content (AvgIpc) is 2.73. The summed E-state index contributed by atoms with van der Waals surface area (Å²) in [7, 11) is 0. The van der Waals surface area contributed by atoms with Crippen molar-refractivity contribution in [1.82, 2.24) is 0 Å². The Morgan fingerprint density at radius 1 is 0.414 bits per heavy atom. The minimum absolute atomic E-state index is 0.552. The van der Waals surface area contributed by atoms with E-state index in [4.69, 9.17) is 23.7 Å². The van der Waals surface area contributed by atoms with E-state index < -0.39 is 0 Å². The van der Waals surface area contributed by atoms with E-state index in [1.807, 2.05) is 48.5 Å². The maximum atomic E-state index is 5.57. The molecule has 160 valence electrons. The number of ether oxygens (including phenoxy) is 5. The third-order valence-corrected chi connectivity index (χ3v) is 4.91. The first-order chi connectivity index (χ1) is 14.2. The summed E-state index contributed by atoms with van der Waals surface area (Å²) >= 11 is 6.83. The first-order valence-corrected chi connectivity index (χ1v) is 11.2. The lowest BCUT2D eigenvalue weighted by atomic mass is 10.2. The van der Waals surface area contributed by atoms with Crippen LogP contribution in [0.25, 0.3) is 0 Å². The highest BCUT2D eigenvalue weighted by Gasteiger charge is 1.96. The molecule has 0 atom stereocenters. The lowest BCUT2D eigenvalue weighted by molar-refractivity contribution is -0.0138. The molecule has 29 heavy (non-hydrogen) atoms. The van der Waals surface area contributed by atoms with Crippen LogP contribution in [0.2, 0.25) is 0 Å². The Morgan fingerprint density at radius 3 is 1.00 bits per heavy atom. The normalized spacial score (nSPS) is 11.1. The van der Waals surface area contributed by atoms with Crippen LogP contribution in [0.15, 0.2) is 57.5 Å². The van der Waals surface area contributed by atoms with Crippen LogP contribution < -0.4 is 0 Å². The number of rotatable bonds is 16. The summed E-state index contributed by atoms with van der Waals surface area (Å²) in [5.41, 5.74) is 2.30. The summed E-state index contributed by atoms with van der Waals surface area (Å²) in [5, 5.41) is 0. The van der Waals surface area contributed by atoms with Crippen molar-refractivity contribution in [2.75, 3.05) is 52.9 Å². The zero-order valence-electron chi connectivity index (χ0n) is 16.5. The zero-order valence-corrected chi connectivity index (χ0v) is 19.7. The molecule has 2 aromatic rings. The van der Waals surface area contributed by atoms with Gasteiger partial charge in [0.1, 0.15) is 0 Å². The predicted molar refractivity (Wildman–Crippen MR) is 120 cm³/mol. The van der Waals surface area contributed by atoms with E-state index in [2.05, 4.69) is 31.9 Å². The quantitative estimate of drug-likeness (QED) is 0.285. The minimum atomic E-state index is 0.552. The molecule has 0 fully saturated rings. The molecule has 2 rings (SSSR count). The fourth-order valence-corrected chi connectivity index (χ4v) is 2.85. The molecule has 2 aromatic carbocycles. The van der Waals surface area contributed by atoms with Crippen molar-refractivity contribution in [2.24, 2.45) is 0 Å². The molecular formula is C22H28Br2O5. The number of halogens is 2. The van der Waals surface area contributed by atoms with Crippen molar-refractivity contribution >= 4 is 31.9 Å². The fourth-order valence-electron chi connectivity index (χ4n) is 2.32. The van der Waals surface area contributed by atoms with Crippen LogP contribution in [-0.4, -0.2) is 52.9 Å². The van der Waals surface area contributed by atoms with E-state index in [0.717, 1.165) is 20.1 Å². The highest BCUT2D eigenvalue weighted by molar-refractivity contribution is 9.10. The van der Waals surface area contributed by atoms with Crippen LogP contribution in [0, 0.1) is 0 Å². The first-order valence-electron chi connectivity index (χ1n) is 9.61. The van der Waals surface area contributed by atoms with Crippen molar-refractivity contribution in [1.29, 1.82) is 0 Å². The van der Waals surface area contributed by atoms with Gasteiger partial charge in [0.2, 0.25) is 0 Å². The van der Waals surface area contributed by atoms with Gasteiger partial charge in [0.05, 0.1) is 66.1 Å². The summed E-state index contributed by atoms with van der Waals surface area (Å²) in [6, 6.07) is 16.2. The number of hydrogen-bond acceptors (Lipinski definition) is 5. The van der Waals surface area contributed by atoms with Gasteiger partial charge >= 0.3 is 0 Å². The second-order valence-corrected chi connectivity index (χ2v) is 8.03. The molecule has 5 nitrogen and oxygen atoms in total. The number of hydrogen-bond donors (Lipinski definition) is 0. The topological polar surface area (TPSA) is 46.2 Å². The summed E-state index contributed by atoms with van der Waals surface area (Å²) in [6.45, 7) is 5.66. The van der Waals surface area contributed by atoms with Crippen molar-refractivity contribution in [3.8, 4) is 0 Å². The Labute approximate surface area is 189 Å². The molecule has 0 aliphatic heterocycles. The van der Waals surface area contributed by atoms with Crippen molar-refractivity contribution in [3.63, 3.8) is 0 Å². The highest BCUT2D eigenvalue weighted by Crippen LogP contribution is 2.11. The van der Waals surface area contributed by atoms with Gasteiger partial charge in [-0.05, 0) is 35.4 Å². The molecule has 0 radical (unpaired) electrons. The van der Waals surface area contributed by atoms with Gasteiger partial charge in [-0.15, -0.1) is 0 Å². The van der Waals surface area contributed by atoms with Gasteiger partial charge in [-0.25, -0.2) is 0 Å². The van der Waals surface area contributed by atoms with Gasteiger partial charge in [0, 0.05) is 8.95 Å². The molecule has 0 spiro atoms. The van der Waals surface area contributed by atoms with Crippen molar-refractivity contribution < 1.29 is 23.7 Å². The Balaban J connectivity index is 1.29. The third-order valence-electron chi connectivity index (χ3n) is 3.85. The third kappa shape index (κ3) is 12.5. The average molecular weight is 532 g/mol. The monoisotopic (exact) mass is 530 g/mol. The maximum Gasteiger partial charge on any atom is 0.0718 e. The second-order valence-electron chi connectivity index (χ2n) is 6.20. The van der Waals surface area contributed by atoms with Crippen molar-refractivity contribution in [3.05, 3.63) is 68.6 Å². The first kappa shape index (κ1) is 24.5. The molecule has 0 aliphatic rings. The Kier molecular flexibility index (Phi) is 13.5. The molecule has 7 heteroatoms. The molecule has 0 saturated carbocycles. The van der Waals surface area contributed by atoms with E-state index in [1.54, 1.807) is 0 Å². The summed E-state index contributed by atoms with van der Waals surface area (Å²) in [6.07, 6.45) is 0. The van der Waals surface area contributed by atoms with Gasteiger partial charge in [0.15, 0.2) is 0 Å². The molecular weight excluding hydrogens is 504 g/mol. The molecule has 0 saturated heterocycles. The molecule has 0 N–H and O–H groups in total. The van der Waals surface area contributed by atoms with E-state index in [9.17, 15) is 0 Å².